The molecule has 2 N–H and O–H groups in total. The van der Waals surface area contributed by atoms with E-state index in [4.69, 9.17) is 0 Å². The predicted molar refractivity (Wildman–Crippen MR) is 72.5 cm³/mol. The van der Waals surface area contributed by atoms with E-state index in [-0.39, 0.29) is 0 Å². The van der Waals surface area contributed by atoms with Gasteiger partial charge in [0.05, 0.1) is 16.9 Å². The van der Waals surface area contributed by atoms with Crippen molar-refractivity contribution < 1.29 is 0 Å². The maximum Gasteiger partial charge on any atom is 0.103 e. The van der Waals surface area contributed by atoms with Crippen molar-refractivity contribution in [1.82, 2.24) is 10.3 Å². The first-order valence-electron chi connectivity index (χ1n) is 6.48. The molecule has 2 rings (SSSR count). The van der Waals surface area contributed by atoms with Crippen LogP contribution in [-0.4, -0.2) is 23.6 Å². The Kier molecular flexibility index (Phi) is 3.83. The van der Waals surface area contributed by atoms with Gasteiger partial charge in [0.25, 0.3) is 0 Å². The molecule has 1 saturated heterocycles. The van der Waals surface area contributed by atoms with Crippen LogP contribution in [0.15, 0.2) is 6.07 Å². The summed E-state index contributed by atoms with van der Waals surface area (Å²) in [7, 11) is 0. The zero-order valence-corrected chi connectivity index (χ0v) is 11.2. The summed E-state index contributed by atoms with van der Waals surface area (Å²) < 4.78 is 0. The van der Waals surface area contributed by atoms with Gasteiger partial charge in [-0.1, -0.05) is 0 Å². The van der Waals surface area contributed by atoms with Crippen LogP contribution in [-0.2, 0) is 0 Å². The molecule has 0 bridgehead atoms. The lowest BCUT2D eigenvalue weighted by Gasteiger charge is -2.29. The van der Waals surface area contributed by atoms with Crippen molar-refractivity contribution in [2.75, 3.05) is 11.9 Å². The molecule has 2 unspecified atom stereocenters. The maximum atomic E-state index is 9.23. The normalized spacial score (nSPS) is 23.4. The largest absolute Gasteiger partial charge is 0.381 e. The van der Waals surface area contributed by atoms with Crippen LogP contribution in [0, 0.1) is 25.2 Å². The Bertz CT molecular complexity index is 475. The number of pyridine rings is 1. The monoisotopic (exact) mass is 244 g/mol. The van der Waals surface area contributed by atoms with Crippen LogP contribution < -0.4 is 10.6 Å². The zero-order chi connectivity index (χ0) is 13.1. The fourth-order valence-electron chi connectivity index (χ4n) is 2.57. The molecule has 2 heterocycles. The first kappa shape index (κ1) is 12.8. The molecule has 18 heavy (non-hydrogen) atoms. The molecule has 1 aliphatic heterocycles. The molecule has 96 valence electrons. The van der Waals surface area contributed by atoms with Gasteiger partial charge in [-0.05, 0) is 46.2 Å². The second kappa shape index (κ2) is 5.36. The summed E-state index contributed by atoms with van der Waals surface area (Å²) in [6.45, 7) is 7.08. The van der Waals surface area contributed by atoms with E-state index in [0.29, 0.717) is 17.6 Å². The molecule has 4 nitrogen and oxygen atoms in total. The molecule has 0 aromatic carbocycles. The number of aryl methyl sites for hydroxylation is 2. The summed E-state index contributed by atoms with van der Waals surface area (Å²) in [4.78, 5) is 4.34. The molecular formula is C14H20N4. The second-order valence-corrected chi connectivity index (χ2v) is 5.10. The third-order valence-corrected chi connectivity index (χ3v) is 3.42. The van der Waals surface area contributed by atoms with Gasteiger partial charge in [0.1, 0.15) is 6.07 Å². The van der Waals surface area contributed by atoms with Crippen LogP contribution in [0.5, 0.6) is 0 Å². The van der Waals surface area contributed by atoms with Gasteiger partial charge in [0.15, 0.2) is 0 Å². The molecular weight excluding hydrogens is 224 g/mol. The standard InChI is InChI=1S/C14H20N4/c1-9-6-12(4-5-16-9)18-14-7-10(2)17-11(3)13(14)8-15/h7,9,12,16H,4-6H2,1-3H3,(H,17,18). The van der Waals surface area contributed by atoms with Gasteiger partial charge in [0, 0.05) is 17.8 Å². The van der Waals surface area contributed by atoms with Gasteiger partial charge in [0.2, 0.25) is 0 Å². The van der Waals surface area contributed by atoms with E-state index in [2.05, 4.69) is 28.6 Å². The number of nitrogens with zero attached hydrogens (tertiary/aromatic N) is 2. The quantitative estimate of drug-likeness (QED) is 0.836. The molecule has 1 fully saturated rings. The molecule has 0 spiro atoms. The fraction of sp³-hybridized carbons (Fsp3) is 0.571. The number of piperidine rings is 1. The van der Waals surface area contributed by atoms with E-state index in [0.717, 1.165) is 36.5 Å². The lowest BCUT2D eigenvalue weighted by molar-refractivity contribution is 0.396. The SMILES string of the molecule is Cc1cc(NC2CCNC(C)C2)c(C#N)c(C)n1. The summed E-state index contributed by atoms with van der Waals surface area (Å²) in [5.41, 5.74) is 3.37. The van der Waals surface area contributed by atoms with Gasteiger partial charge in [-0.2, -0.15) is 5.26 Å². The van der Waals surface area contributed by atoms with Crippen LogP contribution in [0.2, 0.25) is 0 Å². The number of nitriles is 1. The molecule has 4 heteroatoms. The average molecular weight is 244 g/mol. The molecule has 1 aromatic rings. The smallest absolute Gasteiger partial charge is 0.103 e. The van der Waals surface area contributed by atoms with Crippen molar-refractivity contribution in [3.05, 3.63) is 23.0 Å². The minimum Gasteiger partial charge on any atom is -0.381 e. The topological polar surface area (TPSA) is 60.7 Å². The molecule has 0 aliphatic carbocycles. The Morgan fingerprint density at radius 2 is 2.28 bits per heavy atom. The van der Waals surface area contributed by atoms with E-state index in [1.165, 1.54) is 0 Å². The number of nitrogens with one attached hydrogen (secondary N) is 2. The van der Waals surface area contributed by atoms with Crippen molar-refractivity contribution in [3.63, 3.8) is 0 Å². The van der Waals surface area contributed by atoms with Crippen molar-refractivity contribution in [2.24, 2.45) is 0 Å². The number of hydrogen-bond acceptors (Lipinski definition) is 4. The van der Waals surface area contributed by atoms with Crippen LogP contribution in [0.3, 0.4) is 0 Å². The molecule has 1 aliphatic rings. The van der Waals surface area contributed by atoms with E-state index in [1.54, 1.807) is 0 Å². The highest BCUT2D eigenvalue weighted by molar-refractivity contribution is 5.60. The van der Waals surface area contributed by atoms with E-state index in [9.17, 15) is 5.26 Å². The molecule has 0 amide bonds. The summed E-state index contributed by atoms with van der Waals surface area (Å²) in [6, 6.07) is 5.19. The number of rotatable bonds is 2. The van der Waals surface area contributed by atoms with Crippen LogP contribution in [0.4, 0.5) is 5.69 Å². The third-order valence-electron chi connectivity index (χ3n) is 3.42. The lowest BCUT2D eigenvalue weighted by atomic mass is 9.99. The highest BCUT2D eigenvalue weighted by Crippen LogP contribution is 2.22. The molecule has 0 saturated carbocycles. The average Bonchev–Trinajstić information content (AvgIpc) is 2.28. The van der Waals surface area contributed by atoms with Crippen molar-refractivity contribution >= 4 is 5.69 Å². The predicted octanol–water partition coefficient (Wildman–Crippen LogP) is 2.12. The van der Waals surface area contributed by atoms with Crippen LogP contribution >= 0.6 is 0 Å². The minimum atomic E-state index is 0.439. The Labute approximate surface area is 108 Å². The van der Waals surface area contributed by atoms with Gasteiger partial charge < -0.3 is 10.6 Å². The van der Waals surface area contributed by atoms with E-state index < -0.39 is 0 Å². The molecule has 1 aromatic heterocycles. The Hall–Kier alpha value is -1.60. The summed E-state index contributed by atoms with van der Waals surface area (Å²) in [5, 5.41) is 16.2. The zero-order valence-electron chi connectivity index (χ0n) is 11.2. The number of anilines is 1. The lowest BCUT2D eigenvalue weighted by Crippen LogP contribution is -2.41. The van der Waals surface area contributed by atoms with Gasteiger partial charge >= 0.3 is 0 Å². The van der Waals surface area contributed by atoms with Crippen LogP contribution in [0.1, 0.15) is 36.7 Å². The molecule has 2 atom stereocenters. The molecule has 0 radical (unpaired) electrons. The summed E-state index contributed by atoms with van der Waals surface area (Å²) >= 11 is 0. The third kappa shape index (κ3) is 2.80. The number of aromatic nitrogens is 1. The first-order chi connectivity index (χ1) is 8.60. The van der Waals surface area contributed by atoms with E-state index >= 15 is 0 Å². The highest BCUT2D eigenvalue weighted by atomic mass is 15.0. The number of hydrogen-bond donors (Lipinski definition) is 2. The Balaban J connectivity index is 2.20. The second-order valence-electron chi connectivity index (χ2n) is 5.10. The minimum absolute atomic E-state index is 0.439. The maximum absolute atomic E-state index is 9.23. The Morgan fingerprint density at radius 1 is 1.50 bits per heavy atom. The summed E-state index contributed by atoms with van der Waals surface area (Å²) in [5.74, 6) is 0. The first-order valence-corrected chi connectivity index (χ1v) is 6.48. The van der Waals surface area contributed by atoms with Crippen molar-refractivity contribution in [2.45, 2.75) is 45.7 Å². The Morgan fingerprint density at radius 3 is 2.94 bits per heavy atom. The summed E-state index contributed by atoms with van der Waals surface area (Å²) in [6.07, 6.45) is 2.18. The van der Waals surface area contributed by atoms with Crippen molar-refractivity contribution in [1.29, 1.82) is 5.26 Å². The van der Waals surface area contributed by atoms with Crippen LogP contribution in [0.25, 0.3) is 0 Å². The van der Waals surface area contributed by atoms with Gasteiger partial charge in [-0.25, -0.2) is 0 Å². The van der Waals surface area contributed by atoms with Gasteiger partial charge in [-0.15, -0.1) is 0 Å². The highest BCUT2D eigenvalue weighted by Gasteiger charge is 2.19. The van der Waals surface area contributed by atoms with E-state index in [1.807, 2.05) is 19.9 Å². The van der Waals surface area contributed by atoms with Crippen molar-refractivity contribution in [3.8, 4) is 6.07 Å². The fourth-order valence-corrected chi connectivity index (χ4v) is 2.57. The van der Waals surface area contributed by atoms with Gasteiger partial charge in [-0.3, -0.25) is 4.98 Å².